The van der Waals surface area contributed by atoms with Crippen molar-refractivity contribution in [1.29, 1.82) is 0 Å². The van der Waals surface area contributed by atoms with Gasteiger partial charge < -0.3 is 4.98 Å². The monoisotopic (exact) mass is 256 g/mol. The van der Waals surface area contributed by atoms with Crippen LogP contribution in [-0.4, -0.2) is 20.9 Å². The first-order chi connectivity index (χ1) is 9.22. The molecule has 1 aromatic carbocycles. The average molecular weight is 256 g/mol. The lowest BCUT2D eigenvalue weighted by Gasteiger charge is -2.00. The van der Waals surface area contributed by atoms with Crippen LogP contribution in [0.4, 0.5) is 10.3 Å². The number of carbonyl (C=O) groups excluding carboxylic acids is 1. The quantitative estimate of drug-likeness (QED) is 0.691. The van der Waals surface area contributed by atoms with E-state index in [4.69, 9.17) is 0 Å². The number of hydrogen-bond acceptors (Lipinski definition) is 3. The molecule has 0 saturated heterocycles. The van der Waals surface area contributed by atoms with Crippen LogP contribution in [0.2, 0.25) is 0 Å². The molecule has 0 spiro atoms. The molecule has 0 atom stereocenters. The number of amides is 1. The number of anilines is 1. The molecule has 5 nitrogen and oxygen atoms in total. The van der Waals surface area contributed by atoms with Crippen LogP contribution < -0.4 is 5.32 Å². The van der Waals surface area contributed by atoms with Crippen molar-refractivity contribution >= 4 is 22.9 Å². The van der Waals surface area contributed by atoms with Gasteiger partial charge in [0.2, 0.25) is 11.9 Å². The van der Waals surface area contributed by atoms with Crippen molar-refractivity contribution in [3.05, 3.63) is 54.1 Å². The van der Waals surface area contributed by atoms with Gasteiger partial charge in [-0.25, -0.2) is 9.97 Å². The maximum atomic E-state index is 12.9. The Hall–Kier alpha value is -2.76. The number of imidazole rings is 1. The lowest BCUT2D eigenvalue weighted by atomic mass is 10.2. The van der Waals surface area contributed by atoms with E-state index in [1.807, 2.05) is 24.3 Å². The smallest absolute Gasteiger partial charge is 0.258 e. The molecule has 6 heteroatoms. The zero-order valence-electron chi connectivity index (χ0n) is 9.72. The highest BCUT2D eigenvalue weighted by Gasteiger charge is 2.09. The largest absolute Gasteiger partial charge is 0.324 e. The SMILES string of the molecule is O=C(Nc1nc2ccccc2[nH]1)c1ccnc(F)c1. The minimum absolute atomic E-state index is 0.188. The molecule has 2 N–H and O–H groups in total. The molecule has 0 aliphatic rings. The summed E-state index contributed by atoms with van der Waals surface area (Å²) in [6.45, 7) is 0. The van der Waals surface area contributed by atoms with Crippen LogP contribution in [0.25, 0.3) is 11.0 Å². The van der Waals surface area contributed by atoms with E-state index in [1.165, 1.54) is 12.3 Å². The molecular formula is C13H9FN4O. The molecule has 2 heterocycles. The number of nitrogens with zero attached hydrogens (tertiary/aromatic N) is 2. The fourth-order valence-corrected chi connectivity index (χ4v) is 1.74. The van der Waals surface area contributed by atoms with Crippen molar-refractivity contribution in [1.82, 2.24) is 15.0 Å². The average Bonchev–Trinajstić information content (AvgIpc) is 2.80. The molecule has 3 rings (SSSR count). The van der Waals surface area contributed by atoms with E-state index in [1.54, 1.807) is 0 Å². The lowest BCUT2D eigenvalue weighted by molar-refractivity contribution is 0.102. The molecule has 1 amide bonds. The number of H-pyrrole nitrogens is 1. The third-order valence-electron chi connectivity index (χ3n) is 2.61. The summed E-state index contributed by atoms with van der Waals surface area (Å²) in [5.74, 6) is -0.818. The van der Waals surface area contributed by atoms with Crippen LogP contribution in [0.3, 0.4) is 0 Å². The Morgan fingerprint density at radius 2 is 2.11 bits per heavy atom. The standard InChI is InChI=1S/C13H9FN4O/c14-11-7-8(5-6-15-11)12(19)18-13-16-9-3-1-2-4-10(9)17-13/h1-7H,(H2,16,17,18,19). The van der Waals surface area contributed by atoms with Gasteiger partial charge in [-0.1, -0.05) is 12.1 Å². The Morgan fingerprint density at radius 3 is 2.89 bits per heavy atom. The number of aromatic nitrogens is 3. The Balaban J connectivity index is 1.86. The number of para-hydroxylation sites is 2. The van der Waals surface area contributed by atoms with Gasteiger partial charge in [-0.3, -0.25) is 10.1 Å². The zero-order chi connectivity index (χ0) is 13.2. The van der Waals surface area contributed by atoms with Crippen LogP contribution in [0.5, 0.6) is 0 Å². The van der Waals surface area contributed by atoms with Gasteiger partial charge in [0.15, 0.2) is 0 Å². The van der Waals surface area contributed by atoms with Gasteiger partial charge >= 0.3 is 0 Å². The summed E-state index contributed by atoms with van der Waals surface area (Å²) in [6.07, 6.45) is 1.24. The van der Waals surface area contributed by atoms with E-state index in [0.717, 1.165) is 17.1 Å². The van der Waals surface area contributed by atoms with E-state index in [2.05, 4.69) is 20.3 Å². The molecule has 94 valence electrons. The number of nitrogens with one attached hydrogen (secondary N) is 2. The maximum Gasteiger partial charge on any atom is 0.258 e. The van der Waals surface area contributed by atoms with Crippen molar-refractivity contribution in [3.63, 3.8) is 0 Å². The number of fused-ring (bicyclic) bond motifs is 1. The predicted molar refractivity (Wildman–Crippen MR) is 68.2 cm³/mol. The second kappa shape index (κ2) is 4.49. The van der Waals surface area contributed by atoms with E-state index in [-0.39, 0.29) is 5.56 Å². The molecule has 0 fully saturated rings. The summed E-state index contributed by atoms with van der Waals surface area (Å²) in [7, 11) is 0. The number of halogens is 1. The Morgan fingerprint density at radius 1 is 1.26 bits per heavy atom. The fraction of sp³-hybridized carbons (Fsp3) is 0. The summed E-state index contributed by atoms with van der Waals surface area (Å²) in [5, 5.41) is 2.57. The number of hydrogen-bond donors (Lipinski definition) is 2. The second-order valence-electron chi connectivity index (χ2n) is 3.92. The highest BCUT2D eigenvalue weighted by molar-refractivity contribution is 6.03. The molecule has 0 aliphatic heterocycles. The van der Waals surface area contributed by atoms with E-state index in [0.29, 0.717) is 5.95 Å². The topological polar surface area (TPSA) is 70.7 Å². The zero-order valence-corrected chi connectivity index (χ0v) is 9.72. The molecule has 19 heavy (non-hydrogen) atoms. The maximum absolute atomic E-state index is 12.9. The number of rotatable bonds is 2. The molecule has 3 aromatic rings. The van der Waals surface area contributed by atoms with Crippen LogP contribution in [0, 0.1) is 5.95 Å². The normalized spacial score (nSPS) is 10.6. The van der Waals surface area contributed by atoms with E-state index < -0.39 is 11.9 Å². The Bertz CT molecular complexity index is 720. The summed E-state index contributed by atoms with van der Waals surface area (Å²) >= 11 is 0. The minimum Gasteiger partial charge on any atom is -0.324 e. The van der Waals surface area contributed by atoms with E-state index >= 15 is 0 Å². The van der Waals surface area contributed by atoms with Crippen molar-refractivity contribution in [2.45, 2.75) is 0 Å². The second-order valence-corrected chi connectivity index (χ2v) is 3.92. The van der Waals surface area contributed by atoms with Gasteiger partial charge in [0.1, 0.15) is 0 Å². The highest BCUT2D eigenvalue weighted by atomic mass is 19.1. The fourth-order valence-electron chi connectivity index (χ4n) is 1.74. The summed E-state index contributed by atoms with van der Waals surface area (Å²) in [5.41, 5.74) is 1.75. The van der Waals surface area contributed by atoms with Crippen molar-refractivity contribution < 1.29 is 9.18 Å². The first kappa shape index (κ1) is 11.3. The molecule has 0 radical (unpaired) electrons. The third-order valence-corrected chi connectivity index (χ3v) is 2.61. The first-order valence-electron chi connectivity index (χ1n) is 5.60. The van der Waals surface area contributed by atoms with Crippen LogP contribution in [-0.2, 0) is 0 Å². The van der Waals surface area contributed by atoms with Gasteiger partial charge in [0, 0.05) is 17.8 Å². The van der Waals surface area contributed by atoms with Crippen LogP contribution in [0.15, 0.2) is 42.6 Å². The molecule has 0 bridgehead atoms. The van der Waals surface area contributed by atoms with Crippen LogP contribution in [0.1, 0.15) is 10.4 Å². The van der Waals surface area contributed by atoms with Gasteiger partial charge in [-0.2, -0.15) is 4.39 Å². The van der Waals surface area contributed by atoms with Crippen molar-refractivity contribution in [2.24, 2.45) is 0 Å². The number of benzene rings is 1. The number of pyridine rings is 1. The van der Waals surface area contributed by atoms with Gasteiger partial charge in [0.25, 0.3) is 5.91 Å². The van der Waals surface area contributed by atoms with Gasteiger partial charge in [-0.15, -0.1) is 0 Å². The van der Waals surface area contributed by atoms with Crippen molar-refractivity contribution in [2.75, 3.05) is 5.32 Å². The van der Waals surface area contributed by atoms with Crippen LogP contribution >= 0.6 is 0 Å². The lowest BCUT2D eigenvalue weighted by Crippen LogP contribution is -2.13. The van der Waals surface area contributed by atoms with Gasteiger partial charge in [-0.05, 0) is 18.2 Å². The van der Waals surface area contributed by atoms with Crippen molar-refractivity contribution in [3.8, 4) is 0 Å². The molecule has 0 aliphatic carbocycles. The predicted octanol–water partition coefficient (Wildman–Crippen LogP) is 2.35. The van der Waals surface area contributed by atoms with Gasteiger partial charge in [0.05, 0.1) is 11.0 Å². The first-order valence-corrected chi connectivity index (χ1v) is 5.60. The molecular weight excluding hydrogens is 247 g/mol. The molecule has 2 aromatic heterocycles. The summed E-state index contributed by atoms with van der Waals surface area (Å²) in [6, 6.07) is 9.90. The number of aromatic amines is 1. The third kappa shape index (κ3) is 2.28. The Labute approximate surface area is 107 Å². The summed E-state index contributed by atoms with van der Waals surface area (Å²) < 4.78 is 12.9. The Kier molecular flexibility index (Phi) is 2.68. The summed E-state index contributed by atoms with van der Waals surface area (Å²) in [4.78, 5) is 22.4. The molecule has 0 unspecified atom stereocenters. The molecule has 0 saturated carbocycles. The minimum atomic E-state index is -0.697. The number of carbonyl (C=O) groups is 1. The highest BCUT2D eigenvalue weighted by Crippen LogP contribution is 2.14. The van der Waals surface area contributed by atoms with E-state index in [9.17, 15) is 9.18 Å².